The number of unbranched alkanes of at least 4 members (excludes halogenated alkanes) is 3. The Bertz CT molecular complexity index is 231. The number of rotatable bonds is 10. The van der Waals surface area contributed by atoms with Crippen molar-refractivity contribution in [3.05, 3.63) is 0 Å². The van der Waals surface area contributed by atoms with Crippen LogP contribution in [0.5, 0.6) is 0 Å². The van der Waals surface area contributed by atoms with Gasteiger partial charge in [-0.15, -0.1) is 0 Å². The molecule has 1 rings (SSSR count). The molecule has 0 aromatic rings. The highest BCUT2D eigenvalue weighted by atomic mass is 16.5. The lowest BCUT2D eigenvalue weighted by Crippen LogP contribution is -2.33. The second-order valence-electron chi connectivity index (χ2n) is 5.06. The van der Waals surface area contributed by atoms with Gasteiger partial charge in [-0.1, -0.05) is 12.8 Å². The van der Waals surface area contributed by atoms with E-state index in [1.807, 2.05) is 0 Å². The predicted molar refractivity (Wildman–Crippen MR) is 75.0 cm³/mol. The van der Waals surface area contributed by atoms with Crippen LogP contribution < -0.4 is 10.6 Å². The molecule has 5 heteroatoms. The quantitative estimate of drug-likeness (QED) is 0.515. The number of nitrogens with one attached hydrogen (secondary N) is 2. The molecule has 0 bridgehead atoms. The SMILES string of the molecule is O=C(CCOC1CCNCC1)NCCCCCCO. The van der Waals surface area contributed by atoms with Crippen molar-refractivity contribution in [2.24, 2.45) is 0 Å². The summed E-state index contributed by atoms with van der Waals surface area (Å²) in [6, 6.07) is 0. The third-order valence-corrected chi connectivity index (χ3v) is 3.38. The number of hydrogen-bond donors (Lipinski definition) is 3. The van der Waals surface area contributed by atoms with E-state index >= 15 is 0 Å². The van der Waals surface area contributed by atoms with E-state index in [-0.39, 0.29) is 12.5 Å². The van der Waals surface area contributed by atoms with Gasteiger partial charge in [0, 0.05) is 19.6 Å². The fraction of sp³-hybridized carbons (Fsp3) is 0.929. The summed E-state index contributed by atoms with van der Waals surface area (Å²) in [6.45, 7) is 3.56. The Morgan fingerprint density at radius 1 is 1.21 bits per heavy atom. The van der Waals surface area contributed by atoms with E-state index in [0.717, 1.165) is 58.2 Å². The number of ether oxygens (including phenoxy) is 1. The van der Waals surface area contributed by atoms with Gasteiger partial charge < -0.3 is 20.5 Å². The standard InChI is InChI=1S/C14H28N2O3/c17-11-4-2-1-3-8-16-14(18)7-12-19-13-5-9-15-10-6-13/h13,15,17H,1-12H2,(H,16,18). The minimum atomic E-state index is 0.0797. The van der Waals surface area contributed by atoms with Gasteiger partial charge >= 0.3 is 0 Å². The predicted octanol–water partition coefficient (Wildman–Crippen LogP) is 0.814. The first-order valence-corrected chi connectivity index (χ1v) is 7.53. The zero-order valence-electron chi connectivity index (χ0n) is 11.8. The molecule has 0 aromatic carbocycles. The maximum atomic E-state index is 11.5. The molecule has 19 heavy (non-hydrogen) atoms. The number of carbonyl (C=O) groups excluding carboxylic acids is 1. The number of hydrogen-bond acceptors (Lipinski definition) is 4. The minimum Gasteiger partial charge on any atom is -0.396 e. The molecule has 1 saturated heterocycles. The van der Waals surface area contributed by atoms with Gasteiger partial charge in [0.05, 0.1) is 12.7 Å². The Balaban J connectivity index is 1.87. The van der Waals surface area contributed by atoms with Gasteiger partial charge in [-0.05, 0) is 38.8 Å². The molecular formula is C14H28N2O3. The van der Waals surface area contributed by atoms with Crippen molar-refractivity contribution < 1.29 is 14.6 Å². The first kappa shape index (κ1) is 16.4. The Labute approximate surface area is 116 Å². The summed E-state index contributed by atoms with van der Waals surface area (Å²) in [7, 11) is 0. The van der Waals surface area contributed by atoms with Gasteiger partial charge in [0.2, 0.25) is 5.91 Å². The van der Waals surface area contributed by atoms with Crippen molar-refractivity contribution in [3.8, 4) is 0 Å². The van der Waals surface area contributed by atoms with Gasteiger partial charge in [-0.2, -0.15) is 0 Å². The normalized spacial score (nSPS) is 16.5. The van der Waals surface area contributed by atoms with E-state index < -0.39 is 0 Å². The summed E-state index contributed by atoms with van der Waals surface area (Å²) in [5, 5.41) is 14.8. The van der Waals surface area contributed by atoms with E-state index in [2.05, 4.69) is 10.6 Å². The van der Waals surface area contributed by atoms with Gasteiger partial charge in [0.25, 0.3) is 0 Å². The third kappa shape index (κ3) is 8.97. The second-order valence-corrected chi connectivity index (χ2v) is 5.06. The summed E-state index contributed by atoms with van der Waals surface area (Å²) in [5.41, 5.74) is 0. The van der Waals surface area contributed by atoms with Crippen LogP contribution in [0.3, 0.4) is 0 Å². The molecule has 0 aliphatic carbocycles. The molecule has 0 saturated carbocycles. The van der Waals surface area contributed by atoms with E-state index in [9.17, 15) is 4.79 Å². The van der Waals surface area contributed by atoms with Crippen LogP contribution in [0, 0.1) is 0 Å². The zero-order chi connectivity index (χ0) is 13.8. The largest absolute Gasteiger partial charge is 0.396 e. The maximum Gasteiger partial charge on any atom is 0.222 e. The molecule has 0 unspecified atom stereocenters. The molecule has 1 aliphatic rings. The Morgan fingerprint density at radius 3 is 2.68 bits per heavy atom. The van der Waals surface area contributed by atoms with Crippen LogP contribution in [0.4, 0.5) is 0 Å². The molecular weight excluding hydrogens is 244 g/mol. The van der Waals surface area contributed by atoms with Crippen molar-refractivity contribution in [3.63, 3.8) is 0 Å². The van der Waals surface area contributed by atoms with Crippen LogP contribution in [-0.4, -0.2) is 50.0 Å². The highest BCUT2D eigenvalue weighted by Gasteiger charge is 2.13. The zero-order valence-corrected chi connectivity index (χ0v) is 11.8. The lowest BCUT2D eigenvalue weighted by molar-refractivity contribution is -0.122. The molecule has 1 heterocycles. The number of carbonyl (C=O) groups is 1. The van der Waals surface area contributed by atoms with Crippen LogP contribution >= 0.6 is 0 Å². The number of amides is 1. The monoisotopic (exact) mass is 272 g/mol. The van der Waals surface area contributed by atoms with E-state index in [1.54, 1.807) is 0 Å². The summed E-state index contributed by atoms with van der Waals surface area (Å²) in [6.07, 6.45) is 6.82. The molecule has 0 radical (unpaired) electrons. The molecule has 0 atom stereocenters. The fourth-order valence-electron chi connectivity index (χ4n) is 2.19. The smallest absolute Gasteiger partial charge is 0.222 e. The molecule has 1 fully saturated rings. The topological polar surface area (TPSA) is 70.6 Å². The van der Waals surface area contributed by atoms with Crippen LogP contribution in [0.1, 0.15) is 44.9 Å². The molecule has 1 amide bonds. The lowest BCUT2D eigenvalue weighted by atomic mass is 10.1. The molecule has 5 nitrogen and oxygen atoms in total. The first-order chi connectivity index (χ1) is 9.33. The summed E-state index contributed by atoms with van der Waals surface area (Å²) < 4.78 is 5.68. The maximum absolute atomic E-state index is 11.5. The van der Waals surface area contributed by atoms with Crippen molar-refractivity contribution in [1.29, 1.82) is 0 Å². The fourth-order valence-corrected chi connectivity index (χ4v) is 2.19. The Kier molecular flexibility index (Phi) is 9.67. The van der Waals surface area contributed by atoms with E-state index in [4.69, 9.17) is 9.84 Å². The highest BCUT2D eigenvalue weighted by Crippen LogP contribution is 2.07. The number of aliphatic hydroxyl groups is 1. The van der Waals surface area contributed by atoms with E-state index in [1.165, 1.54) is 0 Å². The van der Waals surface area contributed by atoms with Gasteiger partial charge in [0.15, 0.2) is 0 Å². The van der Waals surface area contributed by atoms with Gasteiger partial charge in [-0.25, -0.2) is 0 Å². The molecule has 0 spiro atoms. The highest BCUT2D eigenvalue weighted by molar-refractivity contribution is 5.75. The van der Waals surface area contributed by atoms with Gasteiger partial charge in [0.1, 0.15) is 0 Å². The first-order valence-electron chi connectivity index (χ1n) is 7.53. The van der Waals surface area contributed by atoms with Crippen molar-refractivity contribution in [1.82, 2.24) is 10.6 Å². The molecule has 112 valence electrons. The Morgan fingerprint density at radius 2 is 1.95 bits per heavy atom. The van der Waals surface area contributed by atoms with Crippen LogP contribution in [0.2, 0.25) is 0 Å². The number of aliphatic hydroxyl groups excluding tert-OH is 1. The van der Waals surface area contributed by atoms with Gasteiger partial charge in [-0.3, -0.25) is 4.79 Å². The third-order valence-electron chi connectivity index (χ3n) is 3.38. The van der Waals surface area contributed by atoms with Crippen molar-refractivity contribution >= 4 is 5.91 Å². The summed E-state index contributed by atoms with van der Waals surface area (Å²) in [4.78, 5) is 11.5. The average Bonchev–Trinajstić information content (AvgIpc) is 2.44. The average molecular weight is 272 g/mol. The summed E-state index contributed by atoms with van der Waals surface area (Å²) >= 11 is 0. The van der Waals surface area contributed by atoms with Crippen molar-refractivity contribution in [2.45, 2.75) is 51.0 Å². The second kappa shape index (κ2) is 11.2. The van der Waals surface area contributed by atoms with Crippen LogP contribution in [-0.2, 0) is 9.53 Å². The molecule has 3 N–H and O–H groups in total. The molecule has 1 aliphatic heterocycles. The van der Waals surface area contributed by atoms with Crippen LogP contribution in [0.25, 0.3) is 0 Å². The minimum absolute atomic E-state index is 0.0797. The number of piperidine rings is 1. The summed E-state index contributed by atoms with van der Waals surface area (Å²) in [5.74, 6) is 0.0797. The Hall–Kier alpha value is -0.650. The lowest BCUT2D eigenvalue weighted by Gasteiger charge is -2.22. The van der Waals surface area contributed by atoms with Crippen molar-refractivity contribution in [2.75, 3.05) is 32.8 Å². The molecule has 0 aromatic heterocycles. The van der Waals surface area contributed by atoms with E-state index in [0.29, 0.717) is 19.1 Å². The van der Waals surface area contributed by atoms with Crippen LogP contribution in [0.15, 0.2) is 0 Å².